The lowest BCUT2D eigenvalue weighted by Gasteiger charge is -2.12. The Hall–Kier alpha value is -3.21. The van der Waals surface area contributed by atoms with Crippen molar-refractivity contribution < 1.29 is 19.0 Å². The SMILES string of the molecule is COC(=O)NCCc1ccc2cc(Oc3cccc(OC(C)C)c3)ccc2c1. The zero-order chi connectivity index (χ0) is 19.9. The molecular formula is C23H25NO4. The number of nitrogens with one attached hydrogen (secondary N) is 1. The van der Waals surface area contributed by atoms with Crippen molar-refractivity contribution in [3.05, 3.63) is 66.2 Å². The van der Waals surface area contributed by atoms with Crippen LogP contribution in [0.15, 0.2) is 60.7 Å². The van der Waals surface area contributed by atoms with Gasteiger partial charge in [-0.2, -0.15) is 0 Å². The van der Waals surface area contributed by atoms with Crippen LogP contribution in [-0.2, 0) is 11.2 Å². The fourth-order valence-corrected chi connectivity index (χ4v) is 2.89. The van der Waals surface area contributed by atoms with E-state index >= 15 is 0 Å². The van der Waals surface area contributed by atoms with E-state index < -0.39 is 6.09 Å². The first-order valence-corrected chi connectivity index (χ1v) is 9.32. The molecule has 0 aliphatic carbocycles. The molecule has 0 aromatic heterocycles. The van der Waals surface area contributed by atoms with Crippen molar-refractivity contribution in [3.63, 3.8) is 0 Å². The number of rotatable bonds is 7. The fourth-order valence-electron chi connectivity index (χ4n) is 2.89. The molecule has 1 amide bonds. The van der Waals surface area contributed by atoms with Crippen molar-refractivity contribution in [2.24, 2.45) is 0 Å². The van der Waals surface area contributed by atoms with Crippen LogP contribution in [0, 0.1) is 0 Å². The van der Waals surface area contributed by atoms with Gasteiger partial charge < -0.3 is 19.5 Å². The molecule has 0 heterocycles. The number of amides is 1. The van der Waals surface area contributed by atoms with E-state index in [1.807, 2.05) is 56.3 Å². The summed E-state index contributed by atoms with van der Waals surface area (Å²) in [5.41, 5.74) is 1.15. The Morgan fingerprint density at radius 2 is 1.64 bits per heavy atom. The topological polar surface area (TPSA) is 56.8 Å². The molecule has 0 radical (unpaired) electrons. The standard InChI is InChI=1S/C23H25NO4/c1-16(2)27-20-5-4-6-21(15-20)28-22-10-9-18-13-17(7-8-19(18)14-22)11-12-24-23(25)26-3/h4-10,13-16H,11-12H2,1-3H3,(H,24,25). The van der Waals surface area contributed by atoms with Crippen LogP contribution in [-0.4, -0.2) is 25.9 Å². The van der Waals surface area contributed by atoms with Crippen molar-refractivity contribution in [1.82, 2.24) is 5.32 Å². The van der Waals surface area contributed by atoms with E-state index in [0.29, 0.717) is 6.54 Å². The molecule has 0 fully saturated rings. The van der Waals surface area contributed by atoms with Gasteiger partial charge in [0.05, 0.1) is 13.2 Å². The first-order valence-electron chi connectivity index (χ1n) is 9.32. The summed E-state index contributed by atoms with van der Waals surface area (Å²) in [5, 5.41) is 4.91. The maximum atomic E-state index is 11.1. The van der Waals surface area contributed by atoms with Crippen LogP contribution >= 0.6 is 0 Å². The van der Waals surface area contributed by atoms with Gasteiger partial charge in [0, 0.05) is 12.6 Å². The van der Waals surface area contributed by atoms with Crippen LogP contribution in [0.3, 0.4) is 0 Å². The molecule has 146 valence electrons. The molecule has 28 heavy (non-hydrogen) atoms. The van der Waals surface area contributed by atoms with E-state index in [1.54, 1.807) is 0 Å². The molecule has 1 N–H and O–H groups in total. The van der Waals surface area contributed by atoms with Crippen LogP contribution < -0.4 is 14.8 Å². The van der Waals surface area contributed by atoms with Crippen LogP contribution in [0.5, 0.6) is 17.2 Å². The van der Waals surface area contributed by atoms with Gasteiger partial charge in [-0.15, -0.1) is 0 Å². The molecule has 0 bridgehead atoms. The molecule has 0 spiro atoms. The number of benzene rings is 3. The molecule has 0 aliphatic rings. The number of fused-ring (bicyclic) bond motifs is 1. The maximum Gasteiger partial charge on any atom is 0.406 e. The third-order valence-corrected chi connectivity index (χ3v) is 4.16. The Labute approximate surface area is 165 Å². The van der Waals surface area contributed by atoms with E-state index in [4.69, 9.17) is 9.47 Å². The van der Waals surface area contributed by atoms with Crippen molar-refractivity contribution in [2.75, 3.05) is 13.7 Å². The van der Waals surface area contributed by atoms with Gasteiger partial charge in [-0.25, -0.2) is 4.79 Å². The summed E-state index contributed by atoms with van der Waals surface area (Å²) in [4.78, 5) is 11.1. The summed E-state index contributed by atoms with van der Waals surface area (Å²) in [6, 6.07) is 19.9. The molecule has 3 rings (SSSR count). The molecule has 0 saturated carbocycles. The minimum absolute atomic E-state index is 0.118. The molecule has 5 heteroatoms. The number of hydrogen-bond acceptors (Lipinski definition) is 4. The Bertz CT molecular complexity index is 952. The Kier molecular flexibility index (Phi) is 6.37. The number of hydrogen-bond donors (Lipinski definition) is 1. The van der Waals surface area contributed by atoms with Crippen LogP contribution in [0.25, 0.3) is 10.8 Å². The highest BCUT2D eigenvalue weighted by Crippen LogP contribution is 2.28. The molecule has 0 unspecified atom stereocenters. The number of ether oxygens (including phenoxy) is 3. The van der Waals surface area contributed by atoms with Crippen molar-refractivity contribution >= 4 is 16.9 Å². The highest BCUT2D eigenvalue weighted by molar-refractivity contribution is 5.84. The molecule has 5 nitrogen and oxygen atoms in total. The molecule has 0 saturated heterocycles. The summed E-state index contributed by atoms with van der Waals surface area (Å²) in [6.45, 7) is 4.53. The van der Waals surface area contributed by atoms with E-state index in [9.17, 15) is 4.79 Å². The van der Waals surface area contributed by atoms with Gasteiger partial charge in [0.1, 0.15) is 17.2 Å². The normalized spacial score (nSPS) is 10.7. The Morgan fingerprint density at radius 1 is 0.929 bits per heavy atom. The minimum atomic E-state index is -0.412. The lowest BCUT2D eigenvalue weighted by atomic mass is 10.0. The quantitative estimate of drug-likeness (QED) is 0.604. The maximum absolute atomic E-state index is 11.1. The van der Waals surface area contributed by atoms with Crippen molar-refractivity contribution in [1.29, 1.82) is 0 Å². The van der Waals surface area contributed by atoms with Crippen LogP contribution in [0.2, 0.25) is 0 Å². The molecule has 0 aliphatic heterocycles. The molecule has 3 aromatic rings. The van der Waals surface area contributed by atoms with Gasteiger partial charge in [0.2, 0.25) is 0 Å². The monoisotopic (exact) mass is 379 g/mol. The van der Waals surface area contributed by atoms with Crippen LogP contribution in [0.4, 0.5) is 4.79 Å². The second kappa shape index (κ2) is 9.13. The molecular weight excluding hydrogens is 354 g/mol. The first kappa shape index (κ1) is 19.5. The second-order valence-electron chi connectivity index (χ2n) is 6.76. The summed E-state index contributed by atoms with van der Waals surface area (Å²) < 4.78 is 16.3. The second-order valence-corrected chi connectivity index (χ2v) is 6.76. The van der Waals surface area contributed by atoms with Gasteiger partial charge in [0.25, 0.3) is 0 Å². The van der Waals surface area contributed by atoms with E-state index in [2.05, 4.69) is 28.3 Å². The van der Waals surface area contributed by atoms with E-state index in [0.717, 1.165) is 40.0 Å². The number of carbonyl (C=O) groups excluding carboxylic acids is 1. The predicted molar refractivity (Wildman–Crippen MR) is 110 cm³/mol. The van der Waals surface area contributed by atoms with Crippen molar-refractivity contribution in [2.45, 2.75) is 26.4 Å². The van der Waals surface area contributed by atoms with Gasteiger partial charge in [0.15, 0.2) is 0 Å². The average molecular weight is 379 g/mol. The average Bonchev–Trinajstić information content (AvgIpc) is 2.67. The highest BCUT2D eigenvalue weighted by atomic mass is 16.5. The number of alkyl carbamates (subject to hydrolysis) is 1. The van der Waals surface area contributed by atoms with Gasteiger partial charge in [-0.3, -0.25) is 0 Å². The van der Waals surface area contributed by atoms with Gasteiger partial charge in [-0.05, 0) is 60.9 Å². The Balaban J connectivity index is 1.69. The summed E-state index contributed by atoms with van der Waals surface area (Å²) in [6.07, 6.45) is 0.449. The van der Waals surface area contributed by atoms with E-state index in [1.165, 1.54) is 7.11 Å². The Morgan fingerprint density at radius 3 is 2.43 bits per heavy atom. The van der Waals surface area contributed by atoms with Crippen LogP contribution in [0.1, 0.15) is 19.4 Å². The summed E-state index contributed by atoms with van der Waals surface area (Å²) in [7, 11) is 1.36. The largest absolute Gasteiger partial charge is 0.491 e. The smallest absolute Gasteiger partial charge is 0.406 e. The van der Waals surface area contributed by atoms with Gasteiger partial charge >= 0.3 is 6.09 Å². The number of carbonyl (C=O) groups is 1. The molecule has 0 atom stereocenters. The zero-order valence-electron chi connectivity index (χ0n) is 16.4. The first-order chi connectivity index (χ1) is 13.5. The summed E-state index contributed by atoms with van der Waals surface area (Å²) in [5.74, 6) is 2.30. The zero-order valence-corrected chi connectivity index (χ0v) is 16.4. The minimum Gasteiger partial charge on any atom is -0.491 e. The summed E-state index contributed by atoms with van der Waals surface area (Å²) >= 11 is 0. The third-order valence-electron chi connectivity index (χ3n) is 4.16. The predicted octanol–water partition coefficient (Wildman–Crippen LogP) is 5.32. The van der Waals surface area contributed by atoms with Gasteiger partial charge in [-0.1, -0.05) is 30.3 Å². The van der Waals surface area contributed by atoms with E-state index in [-0.39, 0.29) is 6.10 Å². The third kappa shape index (κ3) is 5.39. The lowest BCUT2D eigenvalue weighted by molar-refractivity contribution is 0.171. The fraction of sp³-hybridized carbons (Fsp3) is 0.261. The van der Waals surface area contributed by atoms with Crippen molar-refractivity contribution in [3.8, 4) is 17.2 Å². The lowest BCUT2D eigenvalue weighted by Crippen LogP contribution is -2.25. The molecule has 3 aromatic carbocycles. The number of methoxy groups -OCH3 is 1. The highest BCUT2D eigenvalue weighted by Gasteiger charge is 2.04.